The molecule has 4 rings (SSSR count). The van der Waals surface area contributed by atoms with Gasteiger partial charge in [0, 0.05) is 30.1 Å². The highest BCUT2D eigenvalue weighted by molar-refractivity contribution is 6.02. The number of carbonyl (C=O) groups is 1. The Morgan fingerprint density at radius 3 is 2.80 bits per heavy atom. The standard InChI is InChI=1S/C21H25N7O2/c1-21(2,3)28-19-16(18(22)24-11-25-19)17(27-28)13-6-5-12-9-15(26-14(12)10-13)20(29)23-7-8-30-4/h5-6,9-11,26H,7-8H2,1-4H3,(H,23,29)(H2,22,24,25). The second-order valence-corrected chi connectivity index (χ2v) is 8.12. The molecule has 0 saturated heterocycles. The number of fused-ring (bicyclic) bond motifs is 2. The maximum Gasteiger partial charge on any atom is 0.267 e. The van der Waals surface area contributed by atoms with Crippen molar-refractivity contribution in [3.63, 3.8) is 0 Å². The van der Waals surface area contributed by atoms with Gasteiger partial charge in [-0.15, -0.1) is 0 Å². The van der Waals surface area contributed by atoms with Gasteiger partial charge in [0.05, 0.1) is 17.5 Å². The van der Waals surface area contributed by atoms with Crippen molar-refractivity contribution in [2.24, 2.45) is 0 Å². The fraction of sp³-hybridized carbons (Fsp3) is 0.333. The van der Waals surface area contributed by atoms with Crippen LogP contribution in [0.3, 0.4) is 0 Å². The zero-order valence-electron chi connectivity index (χ0n) is 17.5. The molecule has 0 bridgehead atoms. The Hall–Kier alpha value is -3.46. The monoisotopic (exact) mass is 407 g/mol. The number of nitrogen functional groups attached to an aromatic ring is 1. The molecule has 0 saturated carbocycles. The van der Waals surface area contributed by atoms with Gasteiger partial charge in [0.2, 0.25) is 0 Å². The van der Waals surface area contributed by atoms with E-state index in [-0.39, 0.29) is 11.4 Å². The molecule has 0 radical (unpaired) electrons. The average molecular weight is 407 g/mol. The quantitative estimate of drug-likeness (QED) is 0.437. The van der Waals surface area contributed by atoms with E-state index >= 15 is 0 Å². The SMILES string of the molecule is COCCNC(=O)c1cc2ccc(-c3nn(C(C)(C)C)c4ncnc(N)c34)cc2[nH]1. The molecule has 1 amide bonds. The van der Waals surface area contributed by atoms with Crippen LogP contribution < -0.4 is 11.1 Å². The van der Waals surface area contributed by atoms with Crippen molar-refractivity contribution >= 4 is 33.7 Å². The lowest BCUT2D eigenvalue weighted by Crippen LogP contribution is -2.27. The van der Waals surface area contributed by atoms with E-state index in [1.807, 2.05) is 28.9 Å². The van der Waals surface area contributed by atoms with Crippen LogP contribution in [0.25, 0.3) is 33.2 Å². The molecular weight excluding hydrogens is 382 g/mol. The summed E-state index contributed by atoms with van der Waals surface area (Å²) in [5.74, 6) is 0.209. The number of nitrogens with two attached hydrogens (primary N) is 1. The Morgan fingerprint density at radius 2 is 2.07 bits per heavy atom. The van der Waals surface area contributed by atoms with Gasteiger partial charge in [0.1, 0.15) is 23.5 Å². The van der Waals surface area contributed by atoms with Gasteiger partial charge >= 0.3 is 0 Å². The predicted molar refractivity (Wildman–Crippen MR) is 116 cm³/mol. The first kappa shape index (κ1) is 19.8. The Kier molecular flexibility index (Phi) is 4.90. The van der Waals surface area contributed by atoms with Crippen LogP contribution in [0.4, 0.5) is 5.82 Å². The Balaban J connectivity index is 1.79. The third-order valence-electron chi connectivity index (χ3n) is 4.86. The van der Waals surface area contributed by atoms with Crippen molar-refractivity contribution in [3.05, 3.63) is 36.3 Å². The molecule has 4 aromatic rings. The number of amides is 1. The molecule has 0 atom stereocenters. The minimum absolute atomic E-state index is 0.176. The Labute approximate surface area is 173 Å². The first-order chi connectivity index (χ1) is 14.3. The van der Waals surface area contributed by atoms with Gasteiger partial charge in [-0.05, 0) is 32.9 Å². The molecule has 3 heterocycles. The molecular formula is C21H25N7O2. The molecule has 0 aliphatic carbocycles. The number of ether oxygens (including phenoxy) is 1. The number of anilines is 1. The van der Waals surface area contributed by atoms with Crippen molar-refractivity contribution in [3.8, 4) is 11.3 Å². The number of nitrogens with zero attached hydrogens (tertiary/aromatic N) is 4. The normalized spacial score (nSPS) is 12.0. The summed E-state index contributed by atoms with van der Waals surface area (Å²) in [6.45, 7) is 7.09. The summed E-state index contributed by atoms with van der Waals surface area (Å²) < 4.78 is 6.83. The minimum Gasteiger partial charge on any atom is -0.383 e. The summed E-state index contributed by atoms with van der Waals surface area (Å²) >= 11 is 0. The lowest BCUT2D eigenvalue weighted by atomic mass is 10.1. The zero-order chi connectivity index (χ0) is 21.5. The summed E-state index contributed by atoms with van der Waals surface area (Å²) in [6.07, 6.45) is 1.45. The van der Waals surface area contributed by atoms with Crippen LogP contribution in [0.1, 0.15) is 31.3 Å². The number of benzene rings is 1. The van der Waals surface area contributed by atoms with E-state index < -0.39 is 0 Å². The van der Waals surface area contributed by atoms with Gasteiger partial charge in [-0.2, -0.15) is 5.10 Å². The molecule has 1 aromatic carbocycles. The molecule has 4 N–H and O–H groups in total. The van der Waals surface area contributed by atoms with Gasteiger partial charge < -0.3 is 20.8 Å². The van der Waals surface area contributed by atoms with Gasteiger partial charge in [0.15, 0.2) is 5.65 Å². The zero-order valence-corrected chi connectivity index (χ0v) is 17.5. The van der Waals surface area contributed by atoms with Crippen LogP contribution in [0, 0.1) is 0 Å². The van der Waals surface area contributed by atoms with Gasteiger partial charge in [0.25, 0.3) is 5.91 Å². The third kappa shape index (κ3) is 3.48. The number of hydrogen-bond acceptors (Lipinski definition) is 6. The fourth-order valence-electron chi connectivity index (χ4n) is 3.40. The number of H-pyrrole nitrogens is 1. The van der Waals surface area contributed by atoms with E-state index in [1.54, 1.807) is 7.11 Å². The lowest BCUT2D eigenvalue weighted by molar-refractivity contribution is 0.0933. The van der Waals surface area contributed by atoms with Crippen molar-refractivity contribution in [1.82, 2.24) is 30.0 Å². The van der Waals surface area contributed by atoms with E-state index in [0.29, 0.717) is 36.0 Å². The maximum atomic E-state index is 12.3. The summed E-state index contributed by atoms with van der Waals surface area (Å²) in [5.41, 5.74) is 9.50. The fourth-order valence-corrected chi connectivity index (χ4v) is 3.40. The van der Waals surface area contributed by atoms with E-state index in [9.17, 15) is 4.79 Å². The van der Waals surface area contributed by atoms with Crippen LogP contribution >= 0.6 is 0 Å². The summed E-state index contributed by atoms with van der Waals surface area (Å²) in [7, 11) is 1.60. The highest BCUT2D eigenvalue weighted by Gasteiger charge is 2.24. The van der Waals surface area contributed by atoms with Crippen LogP contribution in [-0.2, 0) is 10.3 Å². The van der Waals surface area contributed by atoms with Crippen molar-refractivity contribution in [2.75, 3.05) is 26.0 Å². The molecule has 3 aromatic heterocycles. The number of aromatic amines is 1. The minimum atomic E-state index is -0.276. The first-order valence-corrected chi connectivity index (χ1v) is 9.69. The number of rotatable bonds is 5. The second-order valence-electron chi connectivity index (χ2n) is 8.12. The van der Waals surface area contributed by atoms with Crippen molar-refractivity contribution in [1.29, 1.82) is 0 Å². The van der Waals surface area contributed by atoms with Crippen LogP contribution in [-0.4, -0.2) is 50.9 Å². The Bertz CT molecular complexity index is 1230. The van der Waals surface area contributed by atoms with E-state index in [0.717, 1.165) is 21.9 Å². The molecule has 9 nitrogen and oxygen atoms in total. The molecule has 0 aliphatic heterocycles. The van der Waals surface area contributed by atoms with E-state index in [1.165, 1.54) is 6.33 Å². The van der Waals surface area contributed by atoms with E-state index in [4.69, 9.17) is 15.6 Å². The predicted octanol–water partition coefficient (Wildman–Crippen LogP) is 2.69. The molecule has 30 heavy (non-hydrogen) atoms. The summed E-state index contributed by atoms with van der Waals surface area (Å²) in [4.78, 5) is 24.1. The van der Waals surface area contributed by atoms with E-state index in [2.05, 4.69) is 41.0 Å². The summed E-state index contributed by atoms with van der Waals surface area (Å²) in [5, 5.41) is 9.28. The number of nitrogens with one attached hydrogen (secondary N) is 2. The second kappa shape index (κ2) is 7.42. The number of methoxy groups -OCH3 is 1. The van der Waals surface area contributed by atoms with Crippen LogP contribution in [0.5, 0.6) is 0 Å². The highest BCUT2D eigenvalue weighted by Crippen LogP contribution is 2.34. The molecule has 0 spiro atoms. The van der Waals surface area contributed by atoms with Crippen LogP contribution in [0.15, 0.2) is 30.6 Å². The highest BCUT2D eigenvalue weighted by atomic mass is 16.5. The number of aromatic nitrogens is 5. The van der Waals surface area contributed by atoms with Crippen LogP contribution in [0.2, 0.25) is 0 Å². The van der Waals surface area contributed by atoms with Crippen molar-refractivity contribution in [2.45, 2.75) is 26.3 Å². The molecule has 156 valence electrons. The molecule has 0 unspecified atom stereocenters. The topological polar surface area (TPSA) is 124 Å². The molecule has 0 aliphatic rings. The number of hydrogen-bond donors (Lipinski definition) is 3. The average Bonchev–Trinajstić information content (AvgIpc) is 3.29. The lowest BCUT2D eigenvalue weighted by Gasteiger charge is -2.19. The molecule has 9 heteroatoms. The number of carbonyl (C=O) groups excluding carboxylic acids is 1. The van der Waals surface area contributed by atoms with Gasteiger partial charge in [-0.25, -0.2) is 14.6 Å². The smallest absolute Gasteiger partial charge is 0.267 e. The molecule has 0 fully saturated rings. The largest absolute Gasteiger partial charge is 0.383 e. The summed E-state index contributed by atoms with van der Waals surface area (Å²) in [6, 6.07) is 7.70. The van der Waals surface area contributed by atoms with Gasteiger partial charge in [-0.3, -0.25) is 4.79 Å². The Morgan fingerprint density at radius 1 is 1.27 bits per heavy atom. The van der Waals surface area contributed by atoms with Gasteiger partial charge in [-0.1, -0.05) is 12.1 Å². The van der Waals surface area contributed by atoms with Crippen molar-refractivity contribution < 1.29 is 9.53 Å². The first-order valence-electron chi connectivity index (χ1n) is 9.69. The maximum absolute atomic E-state index is 12.3. The third-order valence-corrected chi connectivity index (χ3v) is 4.86.